The minimum atomic E-state index is 0.567. The number of fused-ring (bicyclic) bond motifs is 1. The van der Waals surface area contributed by atoms with Crippen molar-refractivity contribution in [3.8, 4) is 11.5 Å². The van der Waals surface area contributed by atoms with Crippen molar-refractivity contribution >= 4 is 17.5 Å². The summed E-state index contributed by atoms with van der Waals surface area (Å²) in [7, 11) is 1.97. The molecule has 0 saturated heterocycles. The molecule has 7 heteroatoms. The first-order valence-corrected chi connectivity index (χ1v) is 7.84. The summed E-state index contributed by atoms with van der Waals surface area (Å²) in [6.07, 6.45) is 3.83. The van der Waals surface area contributed by atoms with Gasteiger partial charge in [0.2, 0.25) is 5.95 Å². The predicted octanol–water partition coefficient (Wildman–Crippen LogP) is 2.62. The second-order valence-corrected chi connectivity index (χ2v) is 5.40. The van der Waals surface area contributed by atoms with Gasteiger partial charge in [-0.1, -0.05) is 13.3 Å². The monoisotopic (exact) mass is 315 g/mol. The van der Waals surface area contributed by atoms with Crippen molar-refractivity contribution < 1.29 is 9.47 Å². The molecule has 2 aromatic rings. The van der Waals surface area contributed by atoms with Crippen LogP contribution >= 0.6 is 0 Å². The van der Waals surface area contributed by atoms with Gasteiger partial charge in [-0.25, -0.2) is 0 Å². The second-order valence-electron chi connectivity index (χ2n) is 5.40. The van der Waals surface area contributed by atoms with Gasteiger partial charge in [0, 0.05) is 25.3 Å². The Morgan fingerprint density at radius 1 is 1.22 bits per heavy atom. The standard InChI is InChI=1S/C16H21N5O2/c1-3-4-7-21(2)16-19-15(11-17-20-16)18-12-5-6-13-14(10-12)23-9-8-22-13/h5-6,10-11H,3-4,7-9H2,1-2H3,(H,18,19,20). The Balaban J connectivity index is 1.72. The summed E-state index contributed by atoms with van der Waals surface area (Å²) in [5.74, 6) is 2.77. The fraction of sp³-hybridized carbons (Fsp3) is 0.438. The number of benzene rings is 1. The number of aromatic nitrogens is 3. The van der Waals surface area contributed by atoms with Crippen molar-refractivity contribution in [3.05, 3.63) is 24.4 Å². The minimum absolute atomic E-state index is 0.567. The van der Waals surface area contributed by atoms with E-state index in [0.29, 0.717) is 25.0 Å². The van der Waals surface area contributed by atoms with Crippen molar-refractivity contribution in [2.45, 2.75) is 19.8 Å². The SMILES string of the molecule is CCCCN(C)c1nncc(Nc2ccc3c(c2)OCCO3)n1. The molecule has 1 aliphatic rings. The molecule has 1 N–H and O–H groups in total. The number of nitrogens with zero attached hydrogens (tertiary/aromatic N) is 4. The smallest absolute Gasteiger partial charge is 0.247 e. The van der Waals surface area contributed by atoms with Crippen LogP contribution in [0.1, 0.15) is 19.8 Å². The average Bonchev–Trinajstić information content (AvgIpc) is 2.60. The van der Waals surface area contributed by atoms with Crippen LogP contribution in [0.25, 0.3) is 0 Å². The Kier molecular flexibility index (Phi) is 4.75. The lowest BCUT2D eigenvalue weighted by atomic mass is 10.2. The molecule has 1 aliphatic heterocycles. The molecule has 3 rings (SSSR count). The second kappa shape index (κ2) is 7.13. The van der Waals surface area contributed by atoms with Crippen molar-refractivity contribution in [3.63, 3.8) is 0 Å². The Morgan fingerprint density at radius 3 is 2.87 bits per heavy atom. The molecule has 1 aromatic heterocycles. The predicted molar refractivity (Wildman–Crippen MR) is 88.7 cm³/mol. The number of unbranched alkanes of at least 4 members (excludes halogenated alkanes) is 1. The van der Waals surface area contributed by atoms with E-state index in [4.69, 9.17) is 9.47 Å². The molecule has 7 nitrogen and oxygen atoms in total. The summed E-state index contributed by atoms with van der Waals surface area (Å²) in [5.41, 5.74) is 0.872. The van der Waals surface area contributed by atoms with Crippen LogP contribution in [0.4, 0.5) is 17.5 Å². The molecule has 0 aliphatic carbocycles. The van der Waals surface area contributed by atoms with Crippen molar-refractivity contribution in [1.82, 2.24) is 15.2 Å². The van der Waals surface area contributed by atoms with Crippen LogP contribution in [-0.4, -0.2) is 42.0 Å². The van der Waals surface area contributed by atoms with Crippen molar-refractivity contribution in [2.24, 2.45) is 0 Å². The number of nitrogens with one attached hydrogen (secondary N) is 1. The van der Waals surface area contributed by atoms with Gasteiger partial charge in [0.1, 0.15) is 13.2 Å². The fourth-order valence-corrected chi connectivity index (χ4v) is 2.28. The van der Waals surface area contributed by atoms with E-state index in [2.05, 4.69) is 27.4 Å². The van der Waals surface area contributed by atoms with Gasteiger partial charge in [-0.05, 0) is 18.6 Å². The van der Waals surface area contributed by atoms with E-state index in [-0.39, 0.29) is 0 Å². The van der Waals surface area contributed by atoms with E-state index in [0.717, 1.165) is 36.6 Å². The Hall–Kier alpha value is -2.57. The molecule has 1 aromatic carbocycles. The molecule has 0 fully saturated rings. The lowest BCUT2D eigenvalue weighted by Gasteiger charge is -2.19. The lowest BCUT2D eigenvalue weighted by Crippen LogP contribution is -2.21. The molecule has 0 radical (unpaired) electrons. The van der Waals surface area contributed by atoms with Crippen LogP contribution in [0.5, 0.6) is 11.5 Å². The Bertz CT molecular complexity index is 665. The van der Waals surface area contributed by atoms with Crippen LogP contribution in [0.2, 0.25) is 0 Å². The highest BCUT2D eigenvalue weighted by molar-refractivity contribution is 5.61. The molecule has 0 atom stereocenters. The van der Waals surface area contributed by atoms with Gasteiger partial charge in [0.05, 0.1) is 6.20 Å². The Morgan fingerprint density at radius 2 is 2.04 bits per heavy atom. The first-order chi connectivity index (χ1) is 11.3. The molecule has 2 heterocycles. The van der Waals surface area contributed by atoms with Gasteiger partial charge in [0.15, 0.2) is 17.3 Å². The first kappa shape index (κ1) is 15.3. The summed E-state index contributed by atoms with van der Waals surface area (Å²) in [6, 6.07) is 5.72. The summed E-state index contributed by atoms with van der Waals surface area (Å²) in [5, 5.41) is 11.3. The van der Waals surface area contributed by atoms with Crippen LogP contribution < -0.4 is 19.7 Å². The summed E-state index contributed by atoms with van der Waals surface area (Å²) in [6.45, 7) is 4.22. The van der Waals surface area contributed by atoms with Gasteiger partial charge in [0.25, 0.3) is 0 Å². The van der Waals surface area contributed by atoms with E-state index in [9.17, 15) is 0 Å². The van der Waals surface area contributed by atoms with E-state index < -0.39 is 0 Å². The molecular formula is C16H21N5O2. The number of anilines is 3. The zero-order valence-corrected chi connectivity index (χ0v) is 13.5. The molecule has 0 amide bonds. The summed E-state index contributed by atoms with van der Waals surface area (Å²) in [4.78, 5) is 6.51. The third kappa shape index (κ3) is 3.80. The van der Waals surface area contributed by atoms with Crippen LogP contribution in [0, 0.1) is 0 Å². The van der Waals surface area contributed by atoms with E-state index >= 15 is 0 Å². The van der Waals surface area contributed by atoms with E-state index in [1.165, 1.54) is 0 Å². The summed E-state index contributed by atoms with van der Waals surface area (Å²) >= 11 is 0. The van der Waals surface area contributed by atoms with Gasteiger partial charge in [-0.2, -0.15) is 10.1 Å². The number of ether oxygens (including phenoxy) is 2. The highest BCUT2D eigenvalue weighted by Gasteiger charge is 2.12. The molecule has 0 bridgehead atoms. The lowest BCUT2D eigenvalue weighted by molar-refractivity contribution is 0.171. The van der Waals surface area contributed by atoms with E-state index in [1.807, 2.05) is 30.1 Å². The van der Waals surface area contributed by atoms with Crippen LogP contribution in [0.3, 0.4) is 0 Å². The van der Waals surface area contributed by atoms with Crippen LogP contribution in [-0.2, 0) is 0 Å². The molecular weight excluding hydrogens is 294 g/mol. The topological polar surface area (TPSA) is 72.4 Å². The maximum atomic E-state index is 5.59. The molecule has 0 unspecified atom stereocenters. The maximum absolute atomic E-state index is 5.59. The van der Waals surface area contributed by atoms with Crippen molar-refractivity contribution in [1.29, 1.82) is 0 Å². The third-order valence-corrected chi connectivity index (χ3v) is 3.55. The highest BCUT2D eigenvalue weighted by Crippen LogP contribution is 2.33. The molecule has 23 heavy (non-hydrogen) atoms. The zero-order valence-electron chi connectivity index (χ0n) is 13.5. The van der Waals surface area contributed by atoms with Gasteiger partial charge < -0.3 is 19.7 Å². The number of hydrogen-bond donors (Lipinski definition) is 1. The molecule has 122 valence electrons. The zero-order chi connectivity index (χ0) is 16.1. The van der Waals surface area contributed by atoms with Gasteiger partial charge >= 0.3 is 0 Å². The molecule has 0 spiro atoms. The largest absolute Gasteiger partial charge is 0.486 e. The van der Waals surface area contributed by atoms with Crippen LogP contribution in [0.15, 0.2) is 24.4 Å². The van der Waals surface area contributed by atoms with Gasteiger partial charge in [-0.15, -0.1) is 5.10 Å². The first-order valence-electron chi connectivity index (χ1n) is 7.84. The average molecular weight is 315 g/mol. The van der Waals surface area contributed by atoms with Gasteiger partial charge in [-0.3, -0.25) is 0 Å². The number of rotatable bonds is 6. The maximum Gasteiger partial charge on any atom is 0.247 e. The van der Waals surface area contributed by atoms with Crippen molar-refractivity contribution in [2.75, 3.05) is 37.0 Å². The molecule has 0 saturated carbocycles. The quantitative estimate of drug-likeness (QED) is 0.878. The number of hydrogen-bond acceptors (Lipinski definition) is 7. The fourth-order valence-electron chi connectivity index (χ4n) is 2.28. The Labute approximate surface area is 135 Å². The third-order valence-electron chi connectivity index (χ3n) is 3.55. The van der Waals surface area contributed by atoms with E-state index in [1.54, 1.807) is 6.20 Å². The normalized spacial score (nSPS) is 12.8. The highest BCUT2D eigenvalue weighted by atomic mass is 16.6. The summed E-state index contributed by atoms with van der Waals surface area (Å²) < 4.78 is 11.1. The minimum Gasteiger partial charge on any atom is -0.486 e.